The van der Waals surface area contributed by atoms with Crippen molar-refractivity contribution in [1.82, 2.24) is 10.3 Å². The number of pyridine rings is 1. The van der Waals surface area contributed by atoms with Crippen LogP contribution in [0.3, 0.4) is 0 Å². The van der Waals surface area contributed by atoms with Crippen LogP contribution in [0.25, 0.3) is 0 Å². The van der Waals surface area contributed by atoms with Gasteiger partial charge in [-0.2, -0.15) is 0 Å². The highest BCUT2D eigenvalue weighted by atomic mass is 35.5. The third kappa shape index (κ3) is 3.33. The fraction of sp³-hybridized carbons (Fsp3) is 0.533. The van der Waals surface area contributed by atoms with E-state index in [1.165, 1.54) is 44.1 Å². The van der Waals surface area contributed by atoms with Gasteiger partial charge in [0.05, 0.1) is 11.1 Å². The Morgan fingerprint density at radius 2 is 2.11 bits per heavy atom. The van der Waals surface area contributed by atoms with Gasteiger partial charge in [-0.25, -0.2) is 0 Å². The molecule has 2 nitrogen and oxygen atoms in total. The van der Waals surface area contributed by atoms with E-state index in [2.05, 4.69) is 16.4 Å². The van der Waals surface area contributed by atoms with E-state index in [0.29, 0.717) is 0 Å². The second kappa shape index (κ2) is 6.91. The van der Waals surface area contributed by atoms with Crippen LogP contribution in [0.5, 0.6) is 0 Å². The fourth-order valence-electron chi connectivity index (χ4n) is 2.64. The minimum atomic E-state index is 0.235. The maximum absolute atomic E-state index is 6.26. The van der Waals surface area contributed by atoms with E-state index in [1.807, 2.05) is 19.3 Å². The predicted octanol–water partition coefficient (Wildman–Crippen LogP) is 4.28. The summed E-state index contributed by atoms with van der Waals surface area (Å²) in [6.07, 6.45) is 13.6. The first-order valence-corrected chi connectivity index (χ1v) is 7.16. The molecule has 1 heterocycles. The summed E-state index contributed by atoms with van der Waals surface area (Å²) in [5, 5.41) is 4.15. The SMILES string of the molecule is CNC(/C1=C/CCCCCC1)c1ccncc1Cl. The van der Waals surface area contributed by atoms with Crippen molar-refractivity contribution in [3.63, 3.8) is 0 Å². The minimum Gasteiger partial charge on any atom is -0.310 e. The van der Waals surface area contributed by atoms with Gasteiger partial charge in [0.1, 0.15) is 0 Å². The number of nitrogens with one attached hydrogen (secondary N) is 1. The van der Waals surface area contributed by atoms with E-state index < -0.39 is 0 Å². The number of allylic oxidation sites excluding steroid dienone is 1. The zero-order valence-corrected chi connectivity index (χ0v) is 11.7. The molecule has 1 aliphatic rings. The first-order chi connectivity index (χ1) is 8.83. The first kappa shape index (κ1) is 13.6. The zero-order valence-electron chi connectivity index (χ0n) is 11.0. The van der Waals surface area contributed by atoms with E-state index in [1.54, 1.807) is 6.20 Å². The number of hydrogen-bond donors (Lipinski definition) is 1. The highest BCUT2D eigenvalue weighted by Gasteiger charge is 2.17. The summed E-state index contributed by atoms with van der Waals surface area (Å²) >= 11 is 6.26. The number of nitrogens with zero attached hydrogens (tertiary/aromatic N) is 1. The van der Waals surface area contributed by atoms with E-state index in [4.69, 9.17) is 11.6 Å². The zero-order chi connectivity index (χ0) is 12.8. The summed E-state index contributed by atoms with van der Waals surface area (Å²) in [4.78, 5) is 4.06. The standard InChI is InChI=1S/C15H21ClN2/c1-17-15(13-9-10-18-11-14(13)16)12-7-5-3-2-4-6-8-12/h7,9-11,15,17H,2-6,8H2,1H3/b12-7+. The molecule has 1 unspecified atom stereocenters. The van der Waals surface area contributed by atoms with Crippen molar-refractivity contribution in [2.75, 3.05) is 7.05 Å². The molecule has 1 aromatic rings. The molecule has 18 heavy (non-hydrogen) atoms. The molecule has 0 saturated heterocycles. The Bertz CT molecular complexity index is 415. The Labute approximate surface area is 114 Å². The van der Waals surface area contributed by atoms with Crippen molar-refractivity contribution >= 4 is 11.6 Å². The Balaban J connectivity index is 2.24. The predicted molar refractivity (Wildman–Crippen MR) is 76.8 cm³/mol. The molecule has 0 bridgehead atoms. The van der Waals surface area contributed by atoms with Gasteiger partial charge in [-0.1, -0.05) is 36.1 Å². The molecule has 0 amide bonds. The van der Waals surface area contributed by atoms with Crippen LogP contribution in [0.4, 0.5) is 0 Å². The molecule has 1 aliphatic carbocycles. The van der Waals surface area contributed by atoms with Crippen LogP contribution < -0.4 is 5.32 Å². The topological polar surface area (TPSA) is 24.9 Å². The van der Waals surface area contributed by atoms with Crippen LogP contribution in [0.2, 0.25) is 5.02 Å². The average molecular weight is 265 g/mol. The monoisotopic (exact) mass is 264 g/mol. The van der Waals surface area contributed by atoms with Gasteiger partial charge in [0.2, 0.25) is 0 Å². The molecule has 1 atom stereocenters. The lowest BCUT2D eigenvalue weighted by atomic mass is 9.91. The molecule has 0 saturated carbocycles. The lowest BCUT2D eigenvalue weighted by Gasteiger charge is -2.23. The van der Waals surface area contributed by atoms with Crippen LogP contribution in [-0.4, -0.2) is 12.0 Å². The molecule has 0 aliphatic heterocycles. The molecule has 0 radical (unpaired) electrons. The molecule has 98 valence electrons. The van der Waals surface area contributed by atoms with Crippen LogP contribution in [0.1, 0.15) is 50.1 Å². The average Bonchev–Trinajstić information content (AvgIpc) is 2.34. The summed E-state index contributed by atoms with van der Waals surface area (Å²) in [5.74, 6) is 0. The quantitative estimate of drug-likeness (QED) is 0.825. The van der Waals surface area contributed by atoms with Crippen LogP contribution >= 0.6 is 11.6 Å². The van der Waals surface area contributed by atoms with E-state index >= 15 is 0 Å². The molecule has 3 heteroatoms. The summed E-state index contributed by atoms with van der Waals surface area (Å²) in [6.45, 7) is 0. The molecule has 0 aromatic carbocycles. The third-order valence-corrected chi connectivity index (χ3v) is 3.92. The van der Waals surface area contributed by atoms with Crippen molar-refractivity contribution < 1.29 is 0 Å². The fourth-order valence-corrected chi connectivity index (χ4v) is 2.87. The second-order valence-electron chi connectivity index (χ2n) is 4.85. The van der Waals surface area contributed by atoms with Crippen molar-refractivity contribution in [2.24, 2.45) is 0 Å². The van der Waals surface area contributed by atoms with Crippen molar-refractivity contribution in [2.45, 2.75) is 44.6 Å². The largest absolute Gasteiger partial charge is 0.310 e. The van der Waals surface area contributed by atoms with Gasteiger partial charge in [0, 0.05) is 12.4 Å². The van der Waals surface area contributed by atoms with Crippen molar-refractivity contribution in [1.29, 1.82) is 0 Å². The maximum atomic E-state index is 6.26. The van der Waals surface area contributed by atoms with Crippen molar-refractivity contribution in [3.05, 3.63) is 40.7 Å². The van der Waals surface area contributed by atoms with Gasteiger partial charge in [-0.05, 0) is 44.4 Å². The molecular weight excluding hydrogens is 244 g/mol. The summed E-state index contributed by atoms with van der Waals surface area (Å²) in [5.41, 5.74) is 2.62. The molecule has 1 N–H and O–H groups in total. The third-order valence-electron chi connectivity index (χ3n) is 3.60. The molecule has 2 rings (SSSR count). The Kier molecular flexibility index (Phi) is 5.21. The molecule has 0 fully saturated rings. The van der Waals surface area contributed by atoms with E-state index in [9.17, 15) is 0 Å². The first-order valence-electron chi connectivity index (χ1n) is 6.78. The summed E-state index contributed by atoms with van der Waals surface area (Å²) < 4.78 is 0. The van der Waals surface area contributed by atoms with Gasteiger partial charge in [-0.15, -0.1) is 0 Å². The van der Waals surface area contributed by atoms with Gasteiger partial charge in [-0.3, -0.25) is 4.98 Å². The number of rotatable bonds is 3. The summed E-state index contributed by atoms with van der Waals surface area (Å²) in [6, 6.07) is 2.25. The van der Waals surface area contributed by atoms with Crippen LogP contribution in [-0.2, 0) is 0 Å². The Morgan fingerprint density at radius 3 is 2.89 bits per heavy atom. The minimum absolute atomic E-state index is 0.235. The number of likely N-dealkylation sites (N-methyl/N-ethyl adjacent to an activating group) is 1. The van der Waals surface area contributed by atoms with Gasteiger partial charge >= 0.3 is 0 Å². The summed E-state index contributed by atoms with van der Waals surface area (Å²) in [7, 11) is 2.00. The van der Waals surface area contributed by atoms with Gasteiger partial charge in [0.25, 0.3) is 0 Å². The number of halogens is 1. The smallest absolute Gasteiger partial charge is 0.0640 e. The highest BCUT2D eigenvalue weighted by Crippen LogP contribution is 2.31. The van der Waals surface area contributed by atoms with Crippen LogP contribution in [0.15, 0.2) is 30.1 Å². The Morgan fingerprint density at radius 1 is 1.28 bits per heavy atom. The van der Waals surface area contributed by atoms with Crippen molar-refractivity contribution in [3.8, 4) is 0 Å². The van der Waals surface area contributed by atoms with Gasteiger partial charge in [0.15, 0.2) is 0 Å². The second-order valence-corrected chi connectivity index (χ2v) is 5.26. The number of hydrogen-bond acceptors (Lipinski definition) is 2. The normalized spacial score (nSPS) is 21.6. The highest BCUT2D eigenvalue weighted by molar-refractivity contribution is 6.31. The maximum Gasteiger partial charge on any atom is 0.0640 e. The van der Waals surface area contributed by atoms with Gasteiger partial charge < -0.3 is 5.32 Å². The lowest BCUT2D eigenvalue weighted by molar-refractivity contribution is 0.573. The molecule has 1 aromatic heterocycles. The van der Waals surface area contributed by atoms with Crippen LogP contribution in [0, 0.1) is 0 Å². The van der Waals surface area contributed by atoms with E-state index in [-0.39, 0.29) is 6.04 Å². The molecular formula is C15H21ClN2. The lowest BCUT2D eigenvalue weighted by Crippen LogP contribution is -2.19. The number of aromatic nitrogens is 1. The Hall–Kier alpha value is -0.860. The molecule has 0 spiro atoms. The van der Waals surface area contributed by atoms with E-state index in [0.717, 1.165) is 10.6 Å².